The molecular formula is C14H22NO4+. The number of esters is 2. The first-order valence-electron chi connectivity index (χ1n) is 6.75. The summed E-state index contributed by atoms with van der Waals surface area (Å²) < 4.78 is 11.8. The van der Waals surface area contributed by atoms with Gasteiger partial charge in [0.2, 0.25) is 6.54 Å². The van der Waals surface area contributed by atoms with E-state index in [2.05, 4.69) is 6.92 Å². The van der Waals surface area contributed by atoms with Gasteiger partial charge in [-0.25, -0.2) is 9.59 Å². The summed E-state index contributed by atoms with van der Waals surface area (Å²) in [5, 5.41) is 0. The molecule has 1 aliphatic heterocycles. The molecule has 0 saturated carbocycles. The number of allylic oxidation sites excluding steroid dienone is 1. The SMILES string of the molecule is CCCCCOC(=O)C(C)OC(=O)C[N+]1=CCC=C1. The van der Waals surface area contributed by atoms with E-state index in [4.69, 9.17) is 9.47 Å². The van der Waals surface area contributed by atoms with Gasteiger partial charge < -0.3 is 9.47 Å². The second-order valence-corrected chi connectivity index (χ2v) is 4.48. The Morgan fingerprint density at radius 2 is 2.16 bits per heavy atom. The third-order valence-electron chi connectivity index (χ3n) is 2.72. The van der Waals surface area contributed by atoms with Crippen molar-refractivity contribution >= 4 is 18.2 Å². The molecule has 0 aromatic carbocycles. The predicted octanol–water partition coefficient (Wildman–Crippen LogP) is 1.65. The van der Waals surface area contributed by atoms with Crippen LogP contribution in [0.15, 0.2) is 12.3 Å². The van der Waals surface area contributed by atoms with Crippen molar-refractivity contribution in [2.24, 2.45) is 0 Å². The molecule has 0 fully saturated rings. The van der Waals surface area contributed by atoms with E-state index in [9.17, 15) is 9.59 Å². The summed E-state index contributed by atoms with van der Waals surface area (Å²) in [4.78, 5) is 23.1. The van der Waals surface area contributed by atoms with Crippen LogP contribution in [-0.4, -0.2) is 42.0 Å². The molecular weight excluding hydrogens is 246 g/mol. The number of rotatable bonds is 8. The number of ether oxygens (including phenoxy) is 2. The molecule has 5 nitrogen and oxygen atoms in total. The summed E-state index contributed by atoms with van der Waals surface area (Å²) in [6.07, 6.45) is 8.56. The topological polar surface area (TPSA) is 55.6 Å². The summed E-state index contributed by atoms with van der Waals surface area (Å²) in [7, 11) is 0. The van der Waals surface area contributed by atoms with Gasteiger partial charge in [-0.1, -0.05) is 19.8 Å². The molecule has 0 aliphatic carbocycles. The Hall–Kier alpha value is -1.65. The van der Waals surface area contributed by atoms with Crippen molar-refractivity contribution in [3.63, 3.8) is 0 Å². The summed E-state index contributed by atoms with van der Waals surface area (Å²) >= 11 is 0. The molecule has 1 rings (SSSR count). The monoisotopic (exact) mass is 268 g/mol. The minimum Gasteiger partial charge on any atom is -0.463 e. The van der Waals surface area contributed by atoms with Crippen LogP contribution >= 0.6 is 0 Å². The first kappa shape index (κ1) is 15.4. The third kappa shape index (κ3) is 6.18. The third-order valence-corrected chi connectivity index (χ3v) is 2.72. The van der Waals surface area contributed by atoms with E-state index < -0.39 is 18.0 Å². The van der Waals surface area contributed by atoms with Crippen molar-refractivity contribution < 1.29 is 23.6 Å². The van der Waals surface area contributed by atoms with Crippen LogP contribution in [0.1, 0.15) is 39.5 Å². The van der Waals surface area contributed by atoms with Crippen LogP contribution in [0.25, 0.3) is 0 Å². The Morgan fingerprint density at radius 1 is 1.37 bits per heavy atom. The minimum absolute atomic E-state index is 0.129. The zero-order valence-corrected chi connectivity index (χ0v) is 11.6. The van der Waals surface area contributed by atoms with Gasteiger partial charge in [-0.05, 0) is 19.4 Å². The molecule has 0 aromatic heterocycles. The molecule has 0 saturated heterocycles. The largest absolute Gasteiger partial charge is 0.463 e. The van der Waals surface area contributed by atoms with Crippen LogP contribution in [0.4, 0.5) is 0 Å². The molecule has 5 heteroatoms. The molecule has 1 atom stereocenters. The van der Waals surface area contributed by atoms with Crippen molar-refractivity contribution in [2.45, 2.75) is 45.6 Å². The van der Waals surface area contributed by atoms with E-state index >= 15 is 0 Å². The summed E-state index contributed by atoms with van der Waals surface area (Å²) in [5.74, 6) is -0.911. The summed E-state index contributed by atoms with van der Waals surface area (Å²) in [6, 6.07) is 0. The van der Waals surface area contributed by atoms with Gasteiger partial charge in [0.1, 0.15) is 6.21 Å². The van der Waals surface area contributed by atoms with E-state index in [0.717, 1.165) is 25.7 Å². The van der Waals surface area contributed by atoms with Gasteiger partial charge >= 0.3 is 11.9 Å². The molecule has 1 heterocycles. The smallest absolute Gasteiger partial charge is 0.373 e. The highest BCUT2D eigenvalue weighted by atomic mass is 16.6. The van der Waals surface area contributed by atoms with Crippen molar-refractivity contribution in [3.05, 3.63) is 12.3 Å². The van der Waals surface area contributed by atoms with Gasteiger partial charge in [0, 0.05) is 6.42 Å². The highest BCUT2D eigenvalue weighted by Gasteiger charge is 2.22. The zero-order valence-electron chi connectivity index (χ0n) is 11.6. The van der Waals surface area contributed by atoms with E-state index in [1.54, 1.807) is 4.58 Å². The van der Waals surface area contributed by atoms with Crippen LogP contribution in [0, 0.1) is 0 Å². The number of carbonyl (C=O) groups excluding carboxylic acids is 2. The number of carbonyl (C=O) groups is 2. The zero-order chi connectivity index (χ0) is 14.1. The average Bonchev–Trinajstić information content (AvgIpc) is 2.86. The fourth-order valence-corrected chi connectivity index (χ4v) is 1.64. The van der Waals surface area contributed by atoms with E-state index in [1.807, 2.05) is 18.5 Å². The molecule has 0 radical (unpaired) electrons. The summed E-state index contributed by atoms with van der Waals surface area (Å²) in [6.45, 7) is 4.13. The Bertz CT molecular complexity index is 374. The maximum Gasteiger partial charge on any atom is 0.373 e. The second-order valence-electron chi connectivity index (χ2n) is 4.48. The lowest BCUT2D eigenvalue weighted by Crippen LogP contribution is -2.29. The molecule has 106 valence electrons. The first-order chi connectivity index (χ1) is 9.13. The lowest BCUT2D eigenvalue weighted by molar-refractivity contribution is -0.440. The standard InChI is InChI=1S/C14H22NO4/c1-3-4-7-10-18-14(17)12(2)19-13(16)11-15-8-5-6-9-15/h5,8-9,12H,3-4,6-7,10-11H2,1-2H3/q+1. The van der Waals surface area contributed by atoms with E-state index in [0.29, 0.717) is 6.61 Å². The number of hydrogen-bond donors (Lipinski definition) is 0. The minimum atomic E-state index is -0.847. The Labute approximate surface area is 113 Å². The summed E-state index contributed by atoms with van der Waals surface area (Å²) in [5.41, 5.74) is 0. The molecule has 0 spiro atoms. The number of nitrogens with zero attached hydrogens (tertiary/aromatic N) is 1. The Balaban J connectivity index is 2.21. The van der Waals surface area contributed by atoms with Crippen molar-refractivity contribution in [3.8, 4) is 0 Å². The van der Waals surface area contributed by atoms with Crippen LogP contribution in [0.2, 0.25) is 0 Å². The fourth-order valence-electron chi connectivity index (χ4n) is 1.64. The van der Waals surface area contributed by atoms with Crippen LogP contribution in [0.3, 0.4) is 0 Å². The van der Waals surface area contributed by atoms with Crippen LogP contribution in [-0.2, 0) is 19.1 Å². The molecule has 0 amide bonds. The number of hydrogen-bond acceptors (Lipinski definition) is 4. The van der Waals surface area contributed by atoms with Gasteiger partial charge in [0.05, 0.1) is 6.61 Å². The van der Waals surface area contributed by atoms with Gasteiger partial charge in [-0.15, -0.1) is 0 Å². The molecule has 1 unspecified atom stereocenters. The Kier molecular flexibility index (Phi) is 6.85. The molecule has 19 heavy (non-hydrogen) atoms. The molecule has 1 aliphatic rings. The van der Waals surface area contributed by atoms with Crippen molar-refractivity contribution in [1.82, 2.24) is 0 Å². The maximum atomic E-state index is 11.6. The fraction of sp³-hybridized carbons (Fsp3) is 0.643. The molecule has 0 bridgehead atoms. The van der Waals surface area contributed by atoms with Crippen molar-refractivity contribution in [2.75, 3.05) is 13.2 Å². The van der Waals surface area contributed by atoms with E-state index in [1.165, 1.54) is 6.92 Å². The quantitative estimate of drug-likeness (QED) is 0.381. The number of unbranched alkanes of at least 4 members (excludes halogenated alkanes) is 2. The molecule has 0 N–H and O–H groups in total. The highest BCUT2D eigenvalue weighted by Crippen LogP contribution is 2.00. The lowest BCUT2D eigenvalue weighted by Gasteiger charge is -2.11. The van der Waals surface area contributed by atoms with E-state index in [-0.39, 0.29) is 6.54 Å². The van der Waals surface area contributed by atoms with Gasteiger partial charge in [-0.3, -0.25) is 0 Å². The van der Waals surface area contributed by atoms with Gasteiger partial charge in [-0.2, -0.15) is 4.58 Å². The second kappa shape index (κ2) is 8.45. The molecule has 0 aromatic rings. The van der Waals surface area contributed by atoms with Gasteiger partial charge in [0.25, 0.3) is 0 Å². The van der Waals surface area contributed by atoms with Crippen LogP contribution < -0.4 is 0 Å². The lowest BCUT2D eigenvalue weighted by atomic mass is 10.3. The van der Waals surface area contributed by atoms with Crippen LogP contribution in [0.5, 0.6) is 0 Å². The highest BCUT2D eigenvalue weighted by molar-refractivity contribution is 5.79. The van der Waals surface area contributed by atoms with Crippen molar-refractivity contribution in [1.29, 1.82) is 0 Å². The first-order valence-corrected chi connectivity index (χ1v) is 6.75. The Morgan fingerprint density at radius 3 is 2.79 bits per heavy atom. The average molecular weight is 268 g/mol. The normalized spacial score (nSPS) is 14.9. The maximum absolute atomic E-state index is 11.6. The van der Waals surface area contributed by atoms with Gasteiger partial charge in [0.15, 0.2) is 12.3 Å². The predicted molar refractivity (Wildman–Crippen MR) is 71.0 cm³/mol.